The van der Waals surface area contributed by atoms with Gasteiger partial charge < -0.3 is 10.5 Å². The number of allylic oxidation sites excluding steroid dienone is 1. The van der Waals surface area contributed by atoms with Gasteiger partial charge in [-0.2, -0.15) is 0 Å². The van der Waals surface area contributed by atoms with E-state index in [4.69, 9.17) is 15.5 Å². The zero-order chi connectivity index (χ0) is 21.3. The van der Waals surface area contributed by atoms with Crippen molar-refractivity contribution in [2.75, 3.05) is 26.5 Å². The molecule has 30 heavy (non-hydrogen) atoms. The van der Waals surface area contributed by atoms with Crippen LogP contribution in [0, 0.1) is 5.82 Å². The minimum absolute atomic E-state index is 0.276. The van der Waals surface area contributed by atoms with E-state index in [1.165, 1.54) is 23.9 Å². The van der Waals surface area contributed by atoms with Crippen LogP contribution in [0.1, 0.15) is 17.5 Å². The van der Waals surface area contributed by atoms with Gasteiger partial charge in [0.15, 0.2) is 5.84 Å². The van der Waals surface area contributed by atoms with Gasteiger partial charge in [-0.1, -0.05) is 23.9 Å². The third kappa shape index (κ3) is 5.81. The molecule has 1 aromatic carbocycles. The van der Waals surface area contributed by atoms with Crippen molar-refractivity contribution in [3.05, 3.63) is 81.2 Å². The molecule has 3 rings (SSSR count). The van der Waals surface area contributed by atoms with Crippen LogP contribution in [-0.2, 0) is 4.74 Å². The highest BCUT2D eigenvalue weighted by molar-refractivity contribution is 8.30. The number of methoxy groups -OCH3 is 1. The number of aromatic nitrogens is 1. The Bertz CT molecular complexity index is 986. The van der Waals surface area contributed by atoms with Crippen molar-refractivity contribution in [2.45, 2.75) is 6.42 Å². The van der Waals surface area contributed by atoms with Crippen molar-refractivity contribution in [1.82, 2.24) is 4.98 Å². The summed E-state index contributed by atoms with van der Waals surface area (Å²) in [5, 5.41) is 0.760. The molecule has 0 amide bonds. The van der Waals surface area contributed by atoms with E-state index in [1.807, 2.05) is 18.2 Å². The molecule has 8 heteroatoms. The maximum Gasteiger partial charge on any atom is 0.157 e. The Morgan fingerprint density at radius 3 is 2.77 bits per heavy atom. The summed E-state index contributed by atoms with van der Waals surface area (Å²) < 4.78 is 19.4. The fraction of sp³-hybridized carbons (Fsp3) is 0.227. The van der Waals surface area contributed by atoms with Gasteiger partial charge in [-0.15, -0.1) is 11.8 Å². The minimum atomic E-state index is -0.276. The average molecular weight is 443 g/mol. The van der Waals surface area contributed by atoms with E-state index in [2.05, 4.69) is 9.98 Å². The van der Waals surface area contributed by atoms with E-state index in [0.717, 1.165) is 38.2 Å². The number of aliphatic imine (C=N–C) groups is 2. The van der Waals surface area contributed by atoms with E-state index in [1.54, 1.807) is 50.4 Å². The summed E-state index contributed by atoms with van der Waals surface area (Å²) >= 11 is 3.22. The van der Waals surface area contributed by atoms with Crippen molar-refractivity contribution < 1.29 is 9.13 Å². The van der Waals surface area contributed by atoms with Crippen molar-refractivity contribution >= 4 is 40.5 Å². The topological polar surface area (TPSA) is 72.9 Å². The van der Waals surface area contributed by atoms with Crippen LogP contribution in [0.2, 0.25) is 0 Å². The van der Waals surface area contributed by atoms with Gasteiger partial charge in [-0.25, -0.2) is 9.38 Å². The fourth-order valence-electron chi connectivity index (χ4n) is 2.68. The maximum atomic E-state index is 13.3. The normalized spacial score (nSPS) is 17.4. The molecule has 1 aliphatic rings. The summed E-state index contributed by atoms with van der Waals surface area (Å²) in [6.45, 7) is 0.706. The molecule has 0 bridgehead atoms. The van der Waals surface area contributed by atoms with Crippen LogP contribution >= 0.6 is 23.5 Å². The Balaban J connectivity index is 1.95. The highest BCUT2D eigenvalue weighted by Gasteiger charge is 2.26. The second kappa shape index (κ2) is 11.1. The SMILES string of the molecule is CN=C(N=C1SC(SCCCOC)=C(N)/C1=C\c1ccc(F)cc1)c1cccnc1. The lowest BCUT2D eigenvalue weighted by atomic mass is 10.1. The second-order valence-electron chi connectivity index (χ2n) is 6.31. The molecular weight excluding hydrogens is 419 g/mol. The predicted octanol–water partition coefficient (Wildman–Crippen LogP) is 4.72. The largest absolute Gasteiger partial charge is 0.397 e. The van der Waals surface area contributed by atoms with E-state index >= 15 is 0 Å². The van der Waals surface area contributed by atoms with Crippen LogP contribution in [0.4, 0.5) is 4.39 Å². The van der Waals surface area contributed by atoms with Crippen LogP contribution in [0.5, 0.6) is 0 Å². The molecular formula is C22H23FN4OS2. The number of amidine groups is 1. The van der Waals surface area contributed by atoms with Crippen LogP contribution in [-0.4, -0.2) is 42.4 Å². The molecule has 0 fully saturated rings. The molecule has 0 atom stereocenters. The van der Waals surface area contributed by atoms with Crippen LogP contribution in [0.15, 0.2) is 74.3 Å². The van der Waals surface area contributed by atoms with Gasteiger partial charge in [0.25, 0.3) is 0 Å². The molecule has 2 aromatic rings. The monoisotopic (exact) mass is 442 g/mol. The van der Waals surface area contributed by atoms with Crippen molar-refractivity contribution in [2.24, 2.45) is 15.7 Å². The Labute approximate surface area is 184 Å². The molecule has 1 aliphatic heterocycles. The molecule has 0 saturated carbocycles. The zero-order valence-corrected chi connectivity index (χ0v) is 18.5. The first-order valence-corrected chi connectivity index (χ1v) is 11.2. The zero-order valence-electron chi connectivity index (χ0n) is 16.8. The van der Waals surface area contributed by atoms with Gasteiger partial charge in [0, 0.05) is 50.0 Å². The smallest absolute Gasteiger partial charge is 0.157 e. The van der Waals surface area contributed by atoms with Crippen molar-refractivity contribution in [3.8, 4) is 0 Å². The third-order valence-electron chi connectivity index (χ3n) is 4.18. The van der Waals surface area contributed by atoms with Gasteiger partial charge >= 0.3 is 0 Å². The number of benzene rings is 1. The summed E-state index contributed by atoms with van der Waals surface area (Å²) in [5.74, 6) is 1.20. The second-order valence-corrected chi connectivity index (χ2v) is 8.68. The van der Waals surface area contributed by atoms with Gasteiger partial charge in [0.2, 0.25) is 0 Å². The van der Waals surface area contributed by atoms with Gasteiger partial charge in [0.1, 0.15) is 10.9 Å². The summed E-state index contributed by atoms with van der Waals surface area (Å²) in [7, 11) is 3.40. The van der Waals surface area contributed by atoms with E-state index in [9.17, 15) is 4.39 Å². The van der Waals surface area contributed by atoms with Gasteiger partial charge in [0.05, 0.1) is 9.93 Å². The van der Waals surface area contributed by atoms with E-state index < -0.39 is 0 Å². The molecule has 1 aromatic heterocycles. The number of nitrogens with zero attached hydrogens (tertiary/aromatic N) is 3. The lowest BCUT2D eigenvalue weighted by molar-refractivity contribution is 0.200. The maximum absolute atomic E-state index is 13.3. The molecule has 2 N–H and O–H groups in total. The number of thioether (sulfide) groups is 2. The summed E-state index contributed by atoms with van der Waals surface area (Å²) in [4.78, 5) is 13.3. The number of rotatable bonds is 7. The lowest BCUT2D eigenvalue weighted by Crippen LogP contribution is -2.06. The number of hydrogen-bond donors (Lipinski definition) is 1. The Hall–Kier alpha value is -2.42. The average Bonchev–Trinajstić information content (AvgIpc) is 3.06. The summed E-state index contributed by atoms with van der Waals surface area (Å²) in [6, 6.07) is 10.1. The first-order chi connectivity index (χ1) is 14.6. The molecule has 0 aliphatic carbocycles. The third-order valence-corrected chi connectivity index (χ3v) is 6.66. The number of hydrogen-bond acceptors (Lipinski definition) is 6. The number of halogens is 1. The number of nitrogens with two attached hydrogens (primary N) is 1. The number of ether oxygens (including phenoxy) is 1. The van der Waals surface area contributed by atoms with E-state index in [-0.39, 0.29) is 5.82 Å². The molecule has 5 nitrogen and oxygen atoms in total. The van der Waals surface area contributed by atoms with Crippen LogP contribution in [0.3, 0.4) is 0 Å². The van der Waals surface area contributed by atoms with Crippen molar-refractivity contribution in [1.29, 1.82) is 0 Å². The molecule has 0 spiro atoms. The summed E-state index contributed by atoms with van der Waals surface area (Å²) in [6.07, 6.45) is 6.30. The van der Waals surface area contributed by atoms with Gasteiger partial charge in [-0.05, 0) is 42.3 Å². The van der Waals surface area contributed by atoms with Crippen LogP contribution in [0.25, 0.3) is 6.08 Å². The Morgan fingerprint density at radius 2 is 2.10 bits per heavy atom. The molecule has 156 valence electrons. The summed E-state index contributed by atoms with van der Waals surface area (Å²) in [5.41, 5.74) is 9.66. The minimum Gasteiger partial charge on any atom is -0.397 e. The molecule has 0 saturated heterocycles. The molecule has 0 unspecified atom stereocenters. The van der Waals surface area contributed by atoms with Gasteiger partial charge in [-0.3, -0.25) is 9.98 Å². The highest BCUT2D eigenvalue weighted by atomic mass is 32.2. The number of pyridine rings is 1. The Kier molecular flexibility index (Phi) is 8.24. The predicted molar refractivity (Wildman–Crippen MR) is 126 cm³/mol. The molecule has 2 heterocycles. The highest BCUT2D eigenvalue weighted by Crippen LogP contribution is 2.43. The molecule has 0 radical (unpaired) electrons. The van der Waals surface area contributed by atoms with Crippen LogP contribution < -0.4 is 5.73 Å². The first-order valence-electron chi connectivity index (χ1n) is 9.35. The quantitative estimate of drug-likeness (QED) is 0.381. The fourth-order valence-corrected chi connectivity index (χ4v) is 4.92. The van der Waals surface area contributed by atoms with E-state index in [0.29, 0.717) is 18.1 Å². The Morgan fingerprint density at radius 1 is 1.30 bits per heavy atom. The lowest BCUT2D eigenvalue weighted by Gasteiger charge is -2.05. The van der Waals surface area contributed by atoms with Crippen molar-refractivity contribution in [3.63, 3.8) is 0 Å². The first kappa shape index (κ1) is 22.3. The standard InChI is InChI=1S/C22H23FN4OS2/c1-25-20(16-5-3-10-26-14-16)27-21-18(13-15-6-8-17(23)9-7-15)19(24)22(30-21)29-12-4-11-28-2/h3,5-10,13-14H,4,11-12,24H2,1-2H3/b18-13+,25-20?,27-21?.